The molecule has 6 nitrogen and oxygen atoms in total. The zero-order valence-corrected chi connectivity index (χ0v) is 15.2. The first-order chi connectivity index (χ1) is 12.3. The van der Waals surface area contributed by atoms with E-state index >= 15 is 0 Å². The van der Waals surface area contributed by atoms with Gasteiger partial charge in [-0.15, -0.1) is 0 Å². The number of aryl methyl sites for hydroxylation is 1. The van der Waals surface area contributed by atoms with Gasteiger partial charge < -0.3 is 15.5 Å². The van der Waals surface area contributed by atoms with Crippen molar-refractivity contribution >= 4 is 34.8 Å². The van der Waals surface area contributed by atoms with Gasteiger partial charge in [0.25, 0.3) is 0 Å². The van der Waals surface area contributed by atoms with Crippen molar-refractivity contribution in [3.05, 3.63) is 54.1 Å². The SMILES string of the molecule is CC(=O)Nc1cccc(N(CCC(=O)Nc2cccc(C)c2)C(C)=O)c1. The Kier molecular flexibility index (Phi) is 6.49. The van der Waals surface area contributed by atoms with E-state index in [2.05, 4.69) is 10.6 Å². The number of hydrogen-bond donors (Lipinski definition) is 2. The fraction of sp³-hybridized carbons (Fsp3) is 0.250. The minimum Gasteiger partial charge on any atom is -0.326 e. The summed E-state index contributed by atoms with van der Waals surface area (Å²) >= 11 is 0. The summed E-state index contributed by atoms with van der Waals surface area (Å²) in [7, 11) is 0. The lowest BCUT2D eigenvalue weighted by molar-refractivity contribution is -0.117. The largest absolute Gasteiger partial charge is 0.326 e. The number of benzene rings is 2. The average molecular weight is 353 g/mol. The molecule has 0 saturated carbocycles. The van der Waals surface area contributed by atoms with Gasteiger partial charge in [0.1, 0.15) is 0 Å². The van der Waals surface area contributed by atoms with Crippen LogP contribution in [-0.2, 0) is 14.4 Å². The second-order valence-electron chi connectivity index (χ2n) is 6.07. The van der Waals surface area contributed by atoms with E-state index in [-0.39, 0.29) is 30.7 Å². The summed E-state index contributed by atoms with van der Waals surface area (Å²) in [5, 5.41) is 5.52. The molecule has 0 aliphatic carbocycles. The molecule has 0 aromatic heterocycles. The van der Waals surface area contributed by atoms with E-state index in [0.717, 1.165) is 11.3 Å². The maximum atomic E-state index is 12.2. The highest BCUT2D eigenvalue weighted by Crippen LogP contribution is 2.20. The van der Waals surface area contributed by atoms with E-state index in [0.29, 0.717) is 11.4 Å². The molecule has 0 atom stereocenters. The van der Waals surface area contributed by atoms with Crippen LogP contribution < -0.4 is 15.5 Å². The first-order valence-electron chi connectivity index (χ1n) is 8.37. The van der Waals surface area contributed by atoms with Gasteiger partial charge in [-0.3, -0.25) is 14.4 Å². The average Bonchev–Trinajstić information content (AvgIpc) is 2.54. The van der Waals surface area contributed by atoms with Gasteiger partial charge in [0.15, 0.2) is 0 Å². The first kappa shape index (κ1) is 19.2. The third-order valence-corrected chi connectivity index (χ3v) is 3.72. The quantitative estimate of drug-likeness (QED) is 0.836. The lowest BCUT2D eigenvalue weighted by Gasteiger charge is -2.21. The lowest BCUT2D eigenvalue weighted by Crippen LogP contribution is -2.32. The van der Waals surface area contributed by atoms with Crippen molar-refractivity contribution < 1.29 is 14.4 Å². The second-order valence-corrected chi connectivity index (χ2v) is 6.07. The van der Waals surface area contributed by atoms with Crippen molar-refractivity contribution in [3.8, 4) is 0 Å². The Morgan fingerprint density at radius 2 is 1.58 bits per heavy atom. The molecule has 3 amide bonds. The number of rotatable bonds is 6. The van der Waals surface area contributed by atoms with Gasteiger partial charge >= 0.3 is 0 Å². The molecule has 0 saturated heterocycles. The monoisotopic (exact) mass is 353 g/mol. The normalized spacial score (nSPS) is 10.1. The Bertz CT molecular complexity index is 817. The van der Waals surface area contributed by atoms with E-state index in [4.69, 9.17) is 0 Å². The van der Waals surface area contributed by atoms with Gasteiger partial charge in [0.2, 0.25) is 17.7 Å². The van der Waals surface area contributed by atoms with Gasteiger partial charge in [-0.25, -0.2) is 0 Å². The highest BCUT2D eigenvalue weighted by atomic mass is 16.2. The molecular formula is C20H23N3O3. The van der Waals surface area contributed by atoms with Crippen molar-refractivity contribution in [2.24, 2.45) is 0 Å². The van der Waals surface area contributed by atoms with E-state index in [1.807, 2.05) is 31.2 Å². The molecule has 0 heterocycles. The topological polar surface area (TPSA) is 78.5 Å². The Morgan fingerprint density at radius 1 is 0.923 bits per heavy atom. The molecule has 2 N–H and O–H groups in total. The van der Waals surface area contributed by atoms with Crippen molar-refractivity contribution in [1.29, 1.82) is 0 Å². The van der Waals surface area contributed by atoms with Crippen LogP contribution in [0.5, 0.6) is 0 Å². The number of nitrogens with one attached hydrogen (secondary N) is 2. The zero-order chi connectivity index (χ0) is 19.1. The Labute approximate surface area is 153 Å². The van der Waals surface area contributed by atoms with Crippen molar-refractivity contribution in [2.75, 3.05) is 22.1 Å². The molecular weight excluding hydrogens is 330 g/mol. The van der Waals surface area contributed by atoms with Gasteiger partial charge in [0.05, 0.1) is 0 Å². The van der Waals surface area contributed by atoms with Crippen molar-refractivity contribution in [1.82, 2.24) is 0 Å². The number of anilines is 3. The van der Waals surface area contributed by atoms with Crippen LogP contribution in [0, 0.1) is 6.92 Å². The highest BCUT2D eigenvalue weighted by Gasteiger charge is 2.14. The predicted molar refractivity (Wildman–Crippen MR) is 103 cm³/mol. The van der Waals surface area contributed by atoms with Crippen LogP contribution in [0.25, 0.3) is 0 Å². The van der Waals surface area contributed by atoms with Crippen LogP contribution in [0.3, 0.4) is 0 Å². The molecule has 0 aliphatic rings. The van der Waals surface area contributed by atoms with Gasteiger partial charge in [-0.2, -0.15) is 0 Å². The number of nitrogens with zero attached hydrogens (tertiary/aromatic N) is 1. The van der Waals surface area contributed by atoms with Crippen molar-refractivity contribution in [2.45, 2.75) is 27.2 Å². The molecule has 26 heavy (non-hydrogen) atoms. The number of hydrogen-bond acceptors (Lipinski definition) is 3. The van der Waals surface area contributed by atoms with Crippen LogP contribution in [0.1, 0.15) is 25.8 Å². The number of carbonyl (C=O) groups excluding carboxylic acids is 3. The van der Waals surface area contributed by atoms with Crippen LogP contribution in [0.4, 0.5) is 17.1 Å². The predicted octanol–water partition coefficient (Wildman–Crippen LogP) is 3.34. The molecule has 0 fully saturated rings. The van der Waals surface area contributed by atoms with Gasteiger partial charge in [0, 0.05) is 43.9 Å². The third kappa shape index (κ3) is 5.73. The molecule has 2 rings (SSSR count). The standard InChI is InChI=1S/C20H23N3O3/c1-14-6-4-7-17(12-14)22-20(26)10-11-23(16(3)25)19-9-5-8-18(13-19)21-15(2)24/h4-9,12-13H,10-11H2,1-3H3,(H,21,24)(H,22,26). The molecule has 0 unspecified atom stereocenters. The number of amides is 3. The summed E-state index contributed by atoms with van der Waals surface area (Å²) in [6.07, 6.45) is 0.165. The summed E-state index contributed by atoms with van der Waals surface area (Å²) in [5.41, 5.74) is 3.03. The molecule has 6 heteroatoms. The van der Waals surface area contributed by atoms with Gasteiger partial charge in [-0.05, 0) is 42.8 Å². The third-order valence-electron chi connectivity index (χ3n) is 3.72. The molecule has 0 aliphatic heterocycles. The molecule has 136 valence electrons. The molecule has 0 bridgehead atoms. The summed E-state index contributed by atoms with van der Waals surface area (Å²) < 4.78 is 0. The minimum absolute atomic E-state index is 0.165. The van der Waals surface area contributed by atoms with E-state index < -0.39 is 0 Å². The van der Waals surface area contributed by atoms with Crippen LogP contribution in [0.15, 0.2) is 48.5 Å². The molecule has 2 aromatic carbocycles. The maximum Gasteiger partial charge on any atom is 0.226 e. The number of carbonyl (C=O) groups is 3. The van der Waals surface area contributed by atoms with Crippen LogP contribution >= 0.6 is 0 Å². The van der Waals surface area contributed by atoms with Gasteiger partial charge in [-0.1, -0.05) is 18.2 Å². The molecule has 0 spiro atoms. The van der Waals surface area contributed by atoms with Crippen LogP contribution in [0.2, 0.25) is 0 Å². The Morgan fingerprint density at radius 3 is 2.19 bits per heavy atom. The van der Waals surface area contributed by atoms with E-state index in [1.165, 1.54) is 18.7 Å². The first-order valence-corrected chi connectivity index (χ1v) is 8.37. The maximum absolute atomic E-state index is 12.2. The zero-order valence-electron chi connectivity index (χ0n) is 15.2. The van der Waals surface area contributed by atoms with Crippen LogP contribution in [-0.4, -0.2) is 24.3 Å². The van der Waals surface area contributed by atoms with E-state index in [9.17, 15) is 14.4 Å². The fourth-order valence-corrected chi connectivity index (χ4v) is 2.58. The Hall–Kier alpha value is -3.15. The summed E-state index contributed by atoms with van der Waals surface area (Å²) in [6, 6.07) is 14.5. The minimum atomic E-state index is -0.186. The fourth-order valence-electron chi connectivity index (χ4n) is 2.58. The molecule has 0 radical (unpaired) electrons. The van der Waals surface area contributed by atoms with E-state index in [1.54, 1.807) is 24.3 Å². The summed E-state index contributed by atoms with van der Waals surface area (Å²) in [6.45, 7) is 5.07. The lowest BCUT2D eigenvalue weighted by atomic mass is 10.2. The smallest absolute Gasteiger partial charge is 0.226 e. The molecule has 2 aromatic rings. The highest BCUT2D eigenvalue weighted by molar-refractivity contribution is 5.96. The summed E-state index contributed by atoms with van der Waals surface area (Å²) in [4.78, 5) is 36.9. The second kappa shape index (κ2) is 8.80. The Balaban J connectivity index is 2.03. The van der Waals surface area contributed by atoms with Crippen molar-refractivity contribution in [3.63, 3.8) is 0 Å². The summed E-state index contributed by atoms with van der Waals surface area (Å²) in [5.74, 6) is -0.526.